The molecule has 1 N–H and O–H groups in total. The van der Waals surface area contributed by atoms with Gasteiger partial charge in [0.1, 0.15) is 10.7 Å². The van der Waals surface area contributed by atoms with E-state index in [2.05, 4.69) is 41.0 Å². The quantitative estimate of drug-likeness (QED) is 0.862. The lowest BCUT2D eigenvalue weighted by Crippen LogP contribution is -2.48. The number of hydrogen-bond donors (Lipinski definition) is 1. The summed E-state index contributed by atoms with van der Waals surface area (Å²) in [4.78, 5) is 5.32. The van der Waals surface area contributed by atoms with Crippen LogP contribution >= 0.6 is 12.2 Å². The van der Waals surface area contributed by atoms with Gasteiger partial charge in [-0.2, -0.15) is 0 Å². The lowest BCUT2D eigenvalue weighted by atomic mass is 10.1. The summed E-state index contributed by atoms with van der Waals surface area (Å²) in [6, 6.07) is 15.8. The fraction of sp³-hybridized carbons (Fsp3) is 0.278. The molecule has 1 fully saturated rings. The van der Waals surface area contributed by atoms with Crippen LogP contribution in [-0.2, 0) is 0 Å². The van der Waals surface area contributed by atoms with E-state index in [-0.39, 0.29) is 5.75 Å². The number of aryl methyl sites for hydroxylation is 1. The summed E-state index contributed by atoms with van der Waals surface area (Å²) in [6.45, 7) is 5.79. The molecule has 0 amide bonds. The Morgan fingerprint density at radius 1 is 0.955 bits per heavy atom. The monoisotopic (exact) mass is 312 g/mol. The molecule has 0 unspecified atom stereocenters. The first-order valence-electron chi connectivity index (χ1n) is 7.54. The molecule has 0 bridgehead atoms. The van der Waals surface area contributed by atoms with Crippen LogP contribution in [0.2, 0.25) is 0 Å². The Kier molecular flexibility index (Phi) is 4.29. The highest BCUT2D eigenvalue weighted by Gasteiger charge is 2.21. The summed E-state index contributed by atoms with van der Waals surface area (Å²) in [6.07, 6.45) is 0. The summed E-state index contributed by atoms with van der Waals surface area (Å²) < 4.78 is 0. The topological polar surface area (TPSA) is 26.7 Å². The average Bonchev–Trinajstić information content (AvgIpc) is 2.55. The van der Waals surface area contributed by atoms with Gasteiger partial charge >= 0.3 is 0 Å². The number of aromatic hydroxyl groups is 1. The van der Waals surface area contributed by atoms with Crippen molar-refractivity contribution in [2.45, 2.75) is 6.92 Å². The number of rotatable bonds is 2. The van der Waals surface area contributed by atoms with Gasteiger partial charge in [-0.05, 0) is 30.7 Å². The molecule has 3 nitrogen and oxygen atoms in total. The second kappa shape index (κ2) is 6.36. The van der Waals surface area contributed by atoms with E-state index in [4.69, 9.17) is 12.2 Å². The Morgan fingerprint density at radius 3 is 2.27 bits per heavy atom. The van der Waals surface area contributed by atoms with Crippen molar-refractivity contribution in [3.05, 3.63) is 59.7 Å². The highest BCUT2D eigenvalue weighted by Crippen LogP contribution is 2.23. The Bertz CT molecular complexity index is 678. The first-order valence-corrected chi connectivity index (χ1v) is 7.95. The van der Waals surface area contributed by atoms with Gasteiger partial charge in [0.15, 0.2) is 0 Å². The molecular formula is C18H20N2OS. The van der Waals surface area contributed by atoms with Gasteiger partial charge < -0.3 is 14.9 Å². The molecule has 0 aromatic heterocycles. The summed E-state index contributed by atoms with van der Waals surface area (Å²) in [7, 11) is 0. The third-order valence-electron chi connectivity index (χ3n) is 4.16. The molecule has 1 heterocycles. The van der Waals surface area contributed by atoms with E-state index in [1.54, 1.807) is 6.07 Å². The highest BCUT2D eigenvalue weighted by atomic mass is 32.1. The zero-order chi connectivity index (χ0) is 15.5. The first kappa shape index (κ1) is 14.9. The largest absolute Gasteiger partial charge is 0.507 e. The van der Waals surface area contributed by atoms with Crippen LogP contribution in [0.3, 0.4) is 0 Å². The summed E-state index contributed by atoms with van der Waals surface area (Å²) in [5.74, 6) is 0.258. The van der Waals surface area contributed by atoms with Crippen LogP contribution in [0.5, 0.6) is 5.75 Å². The van der Waals surface area contributed by atoms with E-state index in [0.717, 1.165) is 36.7 Å². The molecule has 0 radical (unpaired) electrons. The van der Waals surface area contributed by atoms with Gasteiger partial charge in [0.2, 0.25) is 0 Å². The van der Waals surface area contributed by atoms with Crippen molar-refractivity contribution >= 4 is 22.9 Å². The van der Waals surface area contributed by atoms with Crippen molar-refractivity contribution in [1.82, 2.24) is 4.90 Å². The number of hydrogen-bond acceptors (Lipinski definition) is 3. The standard InChI is InChI=1S/C18H20N2OS/c1-14-6-2-4-8-16(14)19-10-12-20(13-11-19)18(22)15-7-3-5-9-17(15)21/h2-9,21H,10-13H2,1H3. The predicted octanol–water partition coefficient (Wildman–Crippen LogP) is 3.20. The van der Waals surface area contributed by atoms with Gasteiger partial charge in [-0.25, -0.2) is 0 Å². The maximum Gasteiger partial charge on any atom is 0.125 e. The Balaban J connectivity index is 1.68. The maximum absolute atomic E-state index is 9.95. The van der Waals surface area contributed by atoms with Crippen LogP contribution in [0.4, 0.5) is 5.69 Å². The Labute approximate surface area is 136 Å². The van der Waals surface area contributed by atoms with E-state index in [1.165, 1.54) is 11.3 Å². The number of anilines is 1. The van der Waals surface area contributed by atoms with E-state index in [9.17, 15) is 5.11 Å². The van der Waals surface area contributed by atoms with Crippen molar-refractivity contribution in [1.29, 1.82) is 0 Å². The van der Waals surface area contributed by atoms with E-state index < -0.39 is 0 Å². The van der Waals surface area contributed by atoms with Crippen molar-refractivity contribution in [3.8, 4) is 5.75 Å². The Hall–Kier alpha value is -2.07. The van der Waals surface area contributed by atoms with E-state index in [0.29, 0.717) is 0 Å². The molecule has 114 valence electrons. The van der Waals surface area contributed by atoms with Crippen molar-refractivity contribution < 1.29 is 5.11 Å². The molecule has 4 heteroatoms. The van der Waals surface area contributed by atoms with Crippen LogP contribution in [0.25, 0.3) is 0 Å². The number of phenolic OH excluding ortho intramolecular Hbond substituents is 1. The minimum atomic E-state index is 0.258. The number of nitrogens with zero attached hydrogens (tertiary/aromatic N) is 2. The molecule has 1 aliphatic heterocycles. The van der Waals surface area contributed by atoms with Gasteiger partial charge in [-0.3, -0.25) is 0 Å². The molecule has 1 saturated heterocycles. The third kappa shape index (κ3) is 2.92. The maximum atomic E-state index is 9.95. The molecule has 3 rings (SSSR count). The highest BCUT2D eigenvalue weighted by molar-refractivity contribution is 7.80. The van der Waals surface area contributed by atoms with E-state index in [1.807, 2.05) is 18.2 Å². The summed E-state index contributed by atoms with van der Waals surface area (Å²) in [5, 5.41) is 9.95. The van der Waals surface area contributed by atoms with Gasteiger partial charge in [-0.1, -0.05) is 42.5 Å². The molecule has 0 spiro atoms. The molecule has 0 saturated carbocycles. The smallest absolute Gasteiger partial charge is 0.125 e. The molecule has 22 heavy (non-hydrogen) atoms. The lowest BCUT2D eigenvalue weighted by Gasteiger charge is -2.38. The SMILES string of the molecule is Cc1ccccc1N1CCN(C(=S)c2ccccc2O)CC1. The fourth-order valence-corrected chi connectivity index (χ4v) is 3.25. The second-order valence-electron chi connectivity index (χ2n) is 5.58. The van der Waals surface area contributed by atoms with Gasteiger partial charge in [-0.15, -0.1) is 0 Å². The zero-order valence-electron chi connectivity index (χ0n) is 12.7. The van der Waals surface area contributed by atoms with Crippen molar-refractivity contribution in [2.75, 3.05) is 31.1 Å². The van der Waals surface area contributed by atoms with Gasteiger partial charge in [0.05, 0.1) is 5.56 Å². The molecule has 1 aliphatic rings. The van der Waals surface area contributed by atoms with Crippen LogP contribution in [0.15, 0.2) is 48.5 Å². The molecule has 0 atom stereocenters. The number of phenols is 1. The van der Waals surface area contributed by atoms with Gasteiger partial charge in [0, 0.05) is 31.9 Å². The van der Waals surface area contributed by atoms with Crippen LogP contribution in [0.1, 0.15) is 11.1 Å². The van der Waals surface area contributed by atoms with Crippen molar-refractivity contribution in [2.24, 2.45) is 0 Å². The number of thiocarbonyl (C=S) groups is 1. The molecular weight excluding hydrogens is 292 g/mol. The lowest BCUT2D eigenvalue weighted by molar-refractivity contribution is 0.390. The van der Waals surface area contributed by atoms with Gasteiger partial charge in [0.25, 0.3) is 0 Å². The Morgan fingerprint density at radius 2 is 1.59 bits per heavy atom. The number of benzene rings is 2. The molecule has 2 aromatic carbocycles. The minimum Gasteiger partial charge on any atom is -0.507 e. The summed E-state index contributed by atoms with van der Waals surface area (Å²) in [5.41, 5.74) is 3.36. The zero-order valence-corrected chi connectivity index (χ0v) is 13.5. The van der Waals surface area contributed by atoms with Crippen molar-refractivity contribution in [3.63, 3.8) is 0 Å². The predicted molar refractivity (Wildman–Crippen MR) is 94.8 cm³/mol. The normalized spacial score (nSPS) is 15.0. The minimum absolute atomic E-state index is 0.258. The summed E-state index contributed by atoms with van der Waals surface area (Å²) >= 11 is 5.56. The van der Waals surface area contributed by atoms with Crippen LogP contribution in [-0.4, -0.2) is 41.2 Å². The average molecular weight is 312 g/mol. The molecule has 0 aliphatic carbocycles. The second-order valence-corrected chi connectivity index (χ2v) is 5.97. The number of para-hydroxylation sites is 2. The van der Waals surface area contributed by atoms with Crippen LogP contribution in [0, 0.1) is 6.92 Å². The third-order valence-corrected chi connectivity index (χ3v) is 4.64. The first-order chi connectivity index (χ1) is 10.7. The van der Waals surface area contributed by atoms with Crippen LogP contribution < -0.4 is 4.90 Å². The molecule has 2 aromatic rings. The fourth-order valence-electron chi connectivity index (χ4n) is 2.89. The van der Waals surface area contributed by atoms with E-state index >= 15 is 0 Å². The number of piperazine rings is 1.